The topological polar surface area (TPSA) is 80.3 Å². The summed E-state index contributed by atoms with van der Waals surface area (Å²) >= 11 is 0. The molecule has 0 saturated carbocycles. The first-order valence-electron chi connectivity index (χ1n) is 6.72. The van der Waals surface area contributed by atoms with E-state index in [9.17, 15) is 9.18 Å². The lowest BCUT2D eigenvalue weighted by molar-refractivity contribution is 0.0600. The molecule has 0 fully saturated rings. The second kappa shape index (κ2) is 5.85. The Morgan fingerprint density at radius 2 is 2.30 bits per heavy atom. The van der Waals surface area contributed by atoms with Crippen molar-refractivity contribution in [3.05, 3.63) is 65.1 Å². The van der Waals surface area contributed by atoms with Gasteiger partial charge in [-0.1, -0.05) is 6.07 Å². The van der Waals surface area contributed by atoms with Gasteiger partial charge < -0.3 is 9.14 Å². The third-order valence-corrected chi connectivity index (χ3v) is 3.39. The third-order valence-electron chi connectivity index (χ3n) is 3.39. The second-order valence-corrected chi connectivity index (χ2v) is 4.82. The molecule has 0 radical (unpaired) electrons. The number of carbonyl (C=O) groups is 1. The molecule has 23 heavy (non-hydrogen) atoms. The molecule has 0 aliphatic heterocycles. The molecule has 0 aliphatic rings. The van der Waals surface area contributed by atoms with Crippen LogP contribution < -0.4 is 0 Å². The maximum Gasteiger partial charge on any atom is 0.337 e. The van der Waals surface area contributed by atoms with Gasteiger partial charge in [-0.15, -0.1) is 0 Å². The number of ether oxygens (including phenoxy) is 1. The summed E-state index contributed by atoms with van der Waals surface area (Å²) in [5, 5.41) is 9.03. The lowest BCUT2D eigenvalue weighted by Gasteiger charge is -2.07. The largest absolute Gasteiger partial charge is 0.465 e. The van der Waals surface area contributed by atoms with E-state index < -0.39 is 11.8 Å². The predicted molar refractivity (Wildman–Crippen MR) is 78.2 cm³/mol. The number of hydrogen-bond donors (Lipinski definition) is 0. The van der Waals surface area contributed by atoms with Crippen molar-refractivity contribution in [2.45, 2.75) is 6.42 Å². The quantitative estimate of drug-likeness (QED) is 0.692. The van der Waals surface area contributed by atoms with Crippen molar-refractivity contribution in [1.82, 2.24) is 14.4 Å². The van der Waals surface area contributed by atoms with E-state index in [0.29, 0.717) is 16.9 Å². The zero-order valence-corrected chi connectivity index (χ0v) is 12.2. The van der Waals surface area contributed by atoms with Crippen LogP contribution >= 0.6 is 0 Å². The van der Waals surface area contributed by atoms with E-state index in [1.165, 1.54) is 19.2 Å². The number of methoxy groups -OCH3 is 1. The number of esters is 1. The Hall–Kier alpha value is -3.27. The first-order valence-corrected chi connectivity index (χ1v) is 6.72. The van der Waals surface area contributed by atoms with Gasteiger partial charge in [-0.2, -0.15) is 5.26 Å². The van der Waals surface area contributed by atoms with Crippen LogP contribution in [0.25, 0.3) is 5.65 Å². The van der Waals surface area contributed by atoms with E-state index in [0.717, 1.165) is 6.07 Å². The molecule has 0 aliphatic carbocycles. The Bertz CT molecular complexity index is 943. The van der Waals surface area contributed by atoms with E-state index in [4.69, 9.17) is 5.26 Å². The molecule has 0 bridgehead atoms. The van der Waals surface area contributed by atoms with E-state index in [1.807, 2.05) is 6.07 Å². The molecule has 114 valence electrons. The Balaban J connectivity index is 2.01. The maximum absolute atomic E-state index is 14.2. The molecular formula is C16H11FN4O2. The average Bonchev–Trinajstić information content (AvgIpc) is 3.04. The minimum absolute atomic E-state index is 0.137. The van der Waals surface area contributed by atoms with Gasteiger partial charge in [-0.3, -0.25) is 0 Å². The molecule has 0 atom stereocenters. The van der Waals surface area contributed by atoms with Crippen molar-refractivity contribution < 1.29 is 13.9 Å². The number of rotatable bonds is 3. The number of aromatic nitrogens is 3. The molecule has 0 saturated heterocycles. The summed E-state index contributed by atoms with van der Waals surface area (Å²) in [6.45, 7) is 0. The third kappa shape index (κ3) is 2.74. The Morgan fingerprint density at radius 1 is 1.48 bits per heavy atom. The molecule has 1 aromatic carbocycles. The minimum Gasteiger partial charge on any atom is -0.465 e. The molecule has 0 spiro atoms. The van der Waals surface area contributed by atoms with Gasteiger partial charge in [0.2, 0.25) is 0 Å². The highest BCUT2D eigenvalue weighted by atomic mass is 19.1. The summed E-state index contributed by atoms with van der Waals surface area (Å²) in [4.78, 5) is 19.8. The number of benzene rings is 1. The van der Waals surface area contributed by atoms with E-state index in [2.05, 4.69) is 14.7 Å². The van der Waals surface area contributed by atoms with Crippen molar-refractivity contribution >= 4 is 11.6 Å². The van der Waals surface area contributed by atoms with E-state index in [-0.39, 0.29) is 17.7 Å². The fourth-order valence-corrected chi connectivity index (χ4v) is 2.29. The maximum atomic E-state index is 14.2. The predicted octanol–water partition coefficient (Wildman–Crippen LogP) is 2.12. The van der Waals surface area contributed by atoms with E-state index in [1.54, 1.807) is 23.0 Å². The van der Waals surface area contributed by atoms with Gasteiger partial charge in [0.15, 0.2) is 11.3 Å². The van der Waals surface area contributed by atoms with E-state index >= 15 is 0 Å². The van der Waals surface area contributed by atoms with Crippen LogP contribution in [0.2, 0.25) is 0 Å². The van der Waals surface area contributed by atoms with Crippen molar-refractivity contribution in [2.75, 3.05) is 7.11 Å². The van der Waals surface area contributed by atoms with Gasteiger partial charge in [-0.25, -0.2) is 19.2 Å². The number of hydrogen-bond acceptors (Lipinski definition) is 5. The highest BCUT2D eigenvalue weighted by Gasteiger charge is 2.13. The molecule has 7 heteroatoms. The SMILES string of the molecule is COC(=O)c1ccc(Cc2nc(C#N)cn3ccnc23)c(F)c1. The smallest absolute Gasteiger partial charge is 0.337 e. The standard InChI is InChI=1S/C16H11FN4O2/c1-23-16(22)11-3-2-10(13(17)6-11)7-14-15-19-4-5-21(15)9-12(8-18)20-14/h2-6,9H,7H2,1H3. The Kier molecular flexibility index (Phi) is 3.73. The molecule has 2 aromatic heterocycles. The van der Waals surface area contributed by atoms with Gasteiger partial charge in [0.1, 0.15) is 11.9 Å². The number of nitriles is 1. The Labute approximate surface area is 130 Å². The normalized spacial score (nSPS) is 10.5. The number of carbonyl (C=O) groups excluding carboxylic acids is 1. The Morgan fingerprint density at radius 3 is 3.00 bits per heavy atom. The average molecular weight is 310 g/mol. The second-order valence-electron chi connectivity index (χ2n) is 4.82. The fourth-order valence-electron chi connectivity index (χ4n) is 2.29. The molecule has 3 rings (SSSR count). The molecule has 2 heterocycles. The first kappa shape index (κ1) is 14.7. The highest BCUT2D eigenvalue weighted by Crippen LogP contribution is 2.17. The van der Waals surface area contributed by atoms with Crippen LogP contribution in [0.5, 0.6) is 0 Å². The summed E-state index contributed by atoms with van der Waals surface area (Å²) in [5.74, 6) is -1.14. The fraction of sp³-hybridized carbons (Fsp3) is 0.125. The first-order chi connectivity index (χ1) is 11.1. The van der Waals surface area contributed by atoms with Crippen molar-refractivity contribution in [3.8, 4) is 6.07 Å². The number of imidazole rings is 1. The van der Waals surface area contributed by atoms with Crippen LogP contribution in [0.1, 0.15) is 27.3 Å². The molecule has 0 N–H and O–H groups in total. The zero-order valence-electron chi connectivity index (χ0n) is 12.2. The minimum atomic E-state index is -0.601. The lowest BCUT2D eigenvalue weighted by Crippen LogP contribution is -2.05. The molecule has 0 amide bonds. The van der Waals surface area contributed by atoms with Crippen LogP contribution in [0.15, 0.2) is 36.8 Å². The van der Waals surface area contributed by atoms with Crippen molar-refractivity contribution in [2.24, 2.45) is 0 Å². The van der Waals surface area contributed by atoms with Crippen LogP contribution in [-0.4, -0.2) is 27.4 Å². The highest BCUT2D eigenvalue weighted by molar-refractivity contribution is 5.89. The van der Waals surface area contributed by atoms with Gasteiger partial charge in [0.25, 0.3) is 0 Å². The summed E-state index contributed by atoms with van der Waals surface area (Å²) in [5.41, 5.74) is 1.75. The zero-order chi connectivity index (χ0) is 16.4. The van der Waals surface area contributed by atoms with Crippen LogP contribution in [0.4, 0.5) is 4.39 Å². The number of nitrogens with zero attached hydrogens (tertiary/aromatic N) is 4. The molecule has 6 nitrogen and oxygen atoms in total. The van der Waals surface area contributed by atoms with Gasteiger partial charge in [-0.05, 0) is 17.7 Å². The van der Waals surface area contributed by atoms with Gasteiger partial charge >= 0.3 is 5.97 Å². The lowest BCUT2D eigenvalue weighted by atomic mass is 10.1. The van der Waals surface area contributed by atoms with Crippen molar-refractivity contribution in [1.29, 1.82) is 5.26 Å². The number of fused-ring (bicyclic) bond motifs is 1. The molecule has 3 aromatic rings. The molecule has 0 unspecified atom stereocenters. The monoisotopic (exact) mass is 310 g/mol. The van der Waals surface area contributed by atoms with Gasteiger partial charge in [0.05, 0.1) is 18.4 Å². The summed E-state index contributed by atoms with van der Waals surface area (Å²) in [6.07, 6.45) is 4.99. The van der Waals surface area contributed by atoms with Crippen LogP contribution in [0.3, 0.4) is 0 Å². The summed E-state index contributed by atoms with van der Waals surface area (Å²) in [6, 6.07) is 6.08. The summed E-state index contributed by atoms with van der Waals surface area (Å²) in [7, 11) is 1.24. The summed E-state index contributed by atoms with van der Waals surface area (Å²) < 4.78 is 20.4. The number of halogens is 1. The van der Waals surface area contributed by atoms with Crippen LogP contribution in [0, 0.1) is 17.1 Å². The van der Waals surface area contributed by atoms with Crippen LogP contribution in [-0.2, 0) is 11.2 Å². The van der Waals surface area contributed by atoms with Crippen molar-refractivity contribution in [3.63, 3.8) is 0 Å². The molecular weight excluding hydrogens is 299 g/mol. The van der Waals surface area contributed by atoms with Gasteiger partial charge in [0, 0.05) is 25.0 Å².